The predicted molar refractivity (Wildman–Crippen MR) is 48.2 cm³/mol. The minimum atomic E-state index is -3.49. The number of rotatable bonds is 7. The van der Waals surface area contributed by atoms with Crippen LogP contribution < -0.4 is 4.89 Å². The van der Waals surface area contributed by atoms with Crippen LogP contribution in [0.3, 0.4) is 0 Å². The van der Waals surface area contributed by atoms with Crippen LogP contribution in [-0.4, -0.2) is 12.8 Å². The molecule has 0 amide bonds. The molecule has 0 aromatic carbocycles. The van der Waals surface area contributed by atoms with E-state index in [0.717, 1.165) is 19.3 Å². The summed E-state index contributed by atoms with van der Waals surface area (Å²) >= 11 is 0. The summed E-state index contributed by atoms with van der Waals surface area (Å²) in [6.45, 7) is 4.32. The maximum atomic E-state index is 11.1. The fourth-order valence-corrected chi connectivity index (χ4v) is 2.00. The van der Waals surface area contributed by atoms with E-state index < -0.39 is 7.60 Å². The van der Waals surface area contributed by atoms with Crippen molar-refractivity contribution in [3.05, 3.63) is 0 Å². The van der Waals surface area contributed by atoms with Crippen LogP contribution in [0.15, 0.2) is 0 Å². The Balaban J connectivity index is 0. The van der Waals surface area contributed by atoms with Gasteiger partial charge in [0.25, 0.3) is 0 Å². The molecule has 0 saturated carbocycles. The van der Waals surface area contributed by atoms with E-state index in [1.807, 2.05) is 13.8 Å². The molecule has 0 aliphatic heterocycles. The Hall–Kier alpha value is 0.644. The second-order valence-electron chi connectivity index (χ2n) is 2.87. The Morgan fingerprint density at radius 3 is 2.23 bits per heavy atom. The van der Waals surface area contributed by atoms with Gasteiger partial charge in [-0.05, 0) is 12.8 Å². The largest absolute Gasteiger partial charge is 2.00 e. The summed E-state index contributed by atoms with van der Waals surface area (Å²) in [5.74, 6) is 0. The van der Waals surface area contributed by atoms with E-state index in [1.165, 1.54) is 0 Å². The van der Waals surface area contributed by atoms with Crippen molar-refractivity contribution in [1.29, 1.82) is 0 Å². The number of hydrogen-bond acceptors (Lipinski definition) is 3. The van der Waals surface area contributed by atoms with Gasteiger partial charge in [-0.1, -0.05) is 26.7 Å². The van der Waals surface area contributed by atoms with Crippen LogP contribution in [0, 0.1) is 0 Å². The summed E-state index contributed by atoms with van der Waals surface area (Å²) in [6.07, 6.45) is 3.57. The second-order valence-corrected chi connectivity index (χ2v) is 4.80. The Morgan fingerprint density at radius 1 is 1.23 bits per heavy atom. The standard InChI is InChI=1S/C8H19O3P.Ni/c1-3-5-7-11-12(9,10)8-6-4-2;/h3-8H2,1-2H3,(H,9,10);/q;+2/p-1. The van der Waals surface area contributed by atoms with Gasteiger partial charge in [0.1, 0.15) is 7.60 Å². The maximum absolute atomic E-state index is 11.1. The van der Waals surface area contributed by atoms with Gasteiger partial charge < -0.3 is 14.0 Å². The molecule has 0 N–H and O–H groups in total. The average Bonchev–Trinajstić information content (AvgIpc) is 2.01. The molecule has 0 radical (unpaired) electrons. The van der Waals surface area contributed by atoms with E-state index in [4.69, 9.17) is 4.52 Å². The van der Waals surface area contributed by atoms with E-state index >= 15 is 0 Å². The van der Waals surface area contributed by atoms with Gasteiger partial charge >= 0.3 is 16.5 Å². The molecule has 0 bridgehead atoms. The van der Waals surface area contributed by atoms with Crippen molar-refractivity contribution in [3.8, 4) is 0 Å². The molecule has 0 aromatic heterocycles. The first kappa shape index (κ1) is 16.1. The molecule has 1 unspecified atom stereocenters. The summed E-state index contributed by atoms with van der Waals surface area (Å²) in [7, 11) is -3.49. The maximum Gasteiger partial charge on any atom is 2.00 e. The minimum Gasteiger partial charge on any atom is -0.778 e. The third-order valence-corrected chi connectivity index (χ3v) is 3.01. The van der Waals surface area contributed by atoms with E-state index in [2.05, 4.69) is 0 Å². The van der Waals surface area contributed by atoms with Crippen molar-refractivity contribution in [2.24, 2.45) is 0 Å². The van der Waals surface area contributed by atoms with Crippen LogP contribution in [0.2, 0.25) is 0 Å². The first-order chi connectivity index (χ1) is 5.62. The quantitative estimate of drug-likeness (QED) is 0.396. The van der Waals surface area contributed by atoms with Gasteiger partial charge in [0.05, 0.1) is 6.61 Å². The molecule has 0 rings (SSSR count). The van der Waals surface area contributed by atoms with Crippen molar-refractivity contribution >= 4 is 7.60 Å². The second kappa shape index (κ2) is 9.21. The molecule has 5 heteroatoms. The molecule has 3 nitrogen and oxygen atoms in total. The van der Waals surface area contributed by atoms with Crippen molar-refractivity contribution in [3.63, 3.8) is 0 Å². The third kappa shape index (κ3) is 10.6. The van der Waals surface area contributed by atoms with Crippen LogP contribution >= 0.6 is 7.60 Å². The first-order valence-electron chi connectivity index (χ1n) is 4.57. The van der Waals surface area contributed by atoms with Crippen LogP contribution in [0.1, 0.15) is 39.5 Å². The van der Waals surface area contributed by atoms with Gasteiger partial charge in [-0.2, -0.15) is 0 Å². The van der Waals surface area contributed by atoms with Crippen LogP contribution in [-0.2, 0) is 25.6 Å². The van der Waals surface area contributed by atoms with Gasteiger partial charge in [-0.3, -0.25) is 0 Å². The molecule has 0 heterocycles. The van der Waals surface area contributed by atoms with Gasteiger partial charge in [-0.25, -0.2) is 0 Å². The zero-order valence-corrected chi connectivity index (χ0v) is 10.1. The summed E-state index contributed by atoms with van der Waals surface area (Å²) in [5.41, 5.74) is 0. The normalized spacial score (nSPS) is 14.7. The summed E-state index contributed by atoms with van der Waals surface area (Å²) in [4.78, 5) is 11.1. The van der Waals surface area contributed by atoms with Crippen molar-refractivity contribution in [1.82, 2.24) is 0 Å². The molecule has 0 aliphatic carbocycles. The van der Waals surface area contributed by atoms with Crippen LogP contribution in [0.5, 0.6) is 0 Å². The van der Waals surface area contributed by atoms with Crippen molar-refractivity contribution in [2.45, 2.75) is 39.5 Å². The van der Waals surface area contributed by atoms with Crippen molar-refractivity contribution < 1.29 is 30.5 Å². The van der Waals surface area contributed by atoms with Gasteiger partial charge in [0.2, 0.25) is 0 Å². The zero-order chi connectivity index (χ0) is 9.45. The van der Waals surface area contributed by atoms with Gasteiger partial charge in [0.15, 0.2) is 0 Å². The fraction of sp³-hybridized carbons (Fsp3) is 1.00. The fourth-order valence-electron chi connectivity index (χ4n) is 0.764. The molecule has 13 heavy (non-hydrogen) atoms. The Kier molecular flexibility index (Phi) is 11.4. The van der Waals surface area contributed by atoms with Gasteiger partial charge in [0, 0.05) is 6.16 Å². The van der Waals surface area contributed by atoms with E-state index in [0.29, 0.717) is 13.0 Å². The van der Waals surface area contributed by atoms with Crippen molar-refractivity contribution in [2.75, 3.05) is 12.8 Å². The summed E-state index contributed by atoms with van der Waals surface area (Å²) in [6, 6.07) is 0. The molecule has 0 aliphatic rings. The molecule has 82 valence electrons. The SMILES string of the molecule is CCCCOP(=O)([O-])CCCC.[Ni+2]. The molecular formula is C8H18NiO3P+. The summed E-state index contributed by atoms with van der Waals surface area (Å²) in [5, 5.41) is 0. The zero-order valence-electron chi connectivity index (χ0n) is 8.23. The molecule has 0 saturated heterocycles. The Morgan fingerprint density at radius 2 is 1.77 bits per heavy atom. The first-order valence-corrected chi connectivity index (χ1v) is 6.29. The molecule has 1 atom stereocenters. The minimum absolute atomic E-state index is 0. The summed E-state index contributed by atoms with van der Waals surface area (Å²) < 4.78 is 15.8. The van der Waals surface area contributed by atoms with E-state index in [1.54, 1.807) is 0 Å². The van der Waals surface area contributed by atoms with E-state index in [-0.39, 0.29) is 22.7 Å². The predicted octanol–water partition coefficient (Wildman–Crippen LogP) is 2.15. The molecule has 0 fully saturated rings. The van der Waals surface area contributed by atoms with E-state index in [9.17, 15) is 9.46 Å². The topological polar surface area (TPSA) is 49.4 Å². The molecular weight excluding hydrogens is 234 g/mol. The third-order valence-electron chi connectivity index (χ3n) is 1.57. The number of hydrogen-bond donors (Lipinski definition) is 0. The molecule has 0 spiro atoms. The Labute approximate surface area is 90.7 Å². The Bertz CT molecular complexity index is 152. The molecule has 0 aromatic rings. The number of unbranched alkanes of at least 4 members (excludes halogenated alkanes) is 2. The van der Waals surface area contributed by atoms with Crippen LogP contribution in [0.4, 0.5) is 0 Å². The monoisotopic (exact) mass is 251 g/mol. The average molecular weight is 252 g/mol. The smallest absolute Gasteiger partial charge is 0.778 e. The van der Waals surface area contributed by atoms with Crippen LogP contribution in [0.25, 0.3) is 0 Å². The van der Waals surface area contributed by atoms with Gasteiger partial charge in [-0.15, -0.1) is 0 Å².